The molecule has 0 saturated heterocycles. The van der Waals surface area contributed by atoms with E-state index in [1.807, 2.05) is 37.3 Å². The number of carbonyl (C=O) groups is 1. The number of nitrogens with zero attached hydrogens (tertiary/aromatic N) is 1. The van der Waals surface area contributed by atoms with Gasteiger partial charge >= 0.3 is 0 Å². The molecule has 0 spiro atoms. The zero-order valence-electron chi connectivity index (χ0n) is 19.7. The average Bonchev–Trinajstić information content (AvgIpc) is 2.89. The minimum Gasteiger partial charge on any atom is -0.490 e. The molecule has 0 unspecified atom stereocenters. The molecule has 0 aliphatic carbocycles. The Morgan fingerprint density at radius 1 is 1.05 bits per heavy atom. The van der Waals surface area contributed by atoms with E-state index >= 15 is 0 Å². The van der Waals surface area contributed by atoms with Crippen LogP contribution in [0.1, 0.15) is 18.1 Å². The zero-order valence-corrected chi connectivity index (χ0v) is 22.8. The number of nitriles is 1. The van der Waals surface area contributed by atoms with Gasteiger partial charge in [0.1, 0.15) is 18.2 Å². The Morgan fingerprint density at radius 2 is 1.81 bits per heavy atom. The van der Waals surface area contributed by atoms with Crippen molar-refractivity contribution in [1.82, 2.24) is 0 Å². The van der Waals surface area contributed by atoms with E-state index in [0.29, 0.717) is 45.5 Å². The predicted molar refractivity (Wildman–Crippen MR) is 152 cm³/mol. The number of rotatable bonds is 8. The normalized spacial score (nSPS) is 11.2. The monoisotopic (exact) mass is 594 g/mol. The summed E-state index contributed by atoms with van der Waals surface area (Å²) in [6.45, 7) is 2.61. The summed E-state index contributed by atoms with van der Waals surface area (Å²) < 4.78 is 12.6. The number of benzene rings is 4. The van der Waals surface area contributed by atoms with E-state index < -0.39 is 5.91 Å². The molecule has 4 aromatic carbocycles. The van der Waals surface area contributed by atoms with Crippen molar-refractivity contribution in [3.8, 4) is 17.6 Å². The smallest absolute Gasteiger partial charge is 0.266 e. The first-order valence-electron chi connectivity index (χ1n) is 11.3. The van der Waals surface area contributed by atoms with Gasteiger partial charge in [-0.3, -0.25) is 4.79 Å². The van der Waals surface area contributed by atoms with Crippen molar-refractivity contribution >= 4 is 67.6 Å². The maximum Gasteiger partial charge on any atom is 0.266 e. The standard InChI is InChI=1S/C29H21BrCl2N2O3/c1-2-36-26-15-18(13-21(16-33)29(35)34-25-12-6-11-24(31)27(25)32)14-23(30)28(26)37-17-20-9-5-8-19-7-3-4-10-22(19)20/h3-15H,2,17H2,1H3,(H,34,35)/b21-13+. The summed E-state index contributed by atoms with van der Waals surface area (Å²) in [6, 6.07) is 24.5. The van der Waals surface area contributed by atoms with Crippen molar-refractivity contribution in [3.05, 3.63) is 104 Å². The van der Waals surface area contributed by atoms with Gasteiger partial charge < -0.3 is 14.8 Å². The number of fused-ring (bicyclic) bond motifs is 1. The minimum absolute atomic E-state index is 0.116. The number of nitrogens with one attached hydrogen (secondary N) is 1. The molecule has 37 heavy (non-hydrogen) atoms. The van der Waals surface area contributed by atoms with Crippen LogP contribution in [-0.4, -0.2) is 12.5 Å². The molecule has 1 amide bonds. The van der Waals surface area contributed by atoms with Crippen LogP contribution in [0, 0.1) is 11.3 Å². The summed E-state index contributed by atoms with van der Waals surface area (Å²) in [6.07, 6.45) is 1.47. The van der Waals surface area contributed by atoms with E-state index in [-0.39, 0.29) is 10.6 Å². The topological polar surface area (TPSA) is 71.3 Å². The number of amides is 1. The molecule has 4 aromatic rings. The lowest BCUT2D eigenvalue weighted by atomic mass is 10.1. The van der Waals surface area contributed by atoms with Gasteiger partial charge in [0.25, 0.3) is 5.91 Å². The second-order valence-electron chi connectivity index (χ2n) is 7.92. The molecule has 0 aliphatic heterocycles. The fourth-order valence-corrected chi connectivity index (χ4v) is 4.67. The van der Waals surface area contributed by atoms with Crippen molar-refractivity contribution in [2.45, 2.75) is 13.5 Å². The van der Waals surface area contributed by atoms with E-state index in [0.717, 1.165) is 16.3 Å². The van der Waals surface area contributed by atoms with Crippen LogP contribution in [0.5, 0.6) is 11.5 Å². The molecule has 0 saturated carbocycles. The van der Waals surface area contributed by atoms with Crippen molar-refractivity contribution in [3.63, 3.8) is 0 Å². The van der Waals surface area contributed by atoms with Gasteiger partial charge in [-0.25, -0.2) is 0 Å². The number of halogens is 3. The second-order valence-corrected chi connectivity index (χ2v) is 9.55. The Bertz CT molecular complexity index is 1540. The van der Waals surface area contributed by atoms with E-state index in [4.69, 9.17) is 32.7 Å². The van der Waals surface area contributed by atoms with Gasteiger partial charge in [-0.1, -0.05) is 71.7 Å². The van der Waals surface area contributed by atoms with Crippen LogP contribution in [0.15, 0.2) is 82.8 Å². The number of anilines is 1. The SMILES string of the molecule is CCOc1cc(/C=C(\C#N)C(=O)Nc2cccc(Cl)c2Cl)cc(Br)c1OCc1cccc2ccccc12. The number of hydrogen-bond donors (Lipinski definition) is 1. The first-order chi connectivity index (χ1) is 17.9. The highest BCUT2D eigenvalue weighted by molar-refractivity contribution is 9.10. The van der Waals surface area contributed by atoms with Crippen LogP contribution in [0.3, 0.4) is 0 Å². The minimum atomic E-state index is -0.614. The number of hydrogen-bond acceptors (Lipinski definition) is 4. The summed E-state index contributed by atoms with van der Waals surface area (Å²) in [4.78, 5) is 12.8. The fourth-order valence-electron chi connectivity index (χ4n) is 3.75. The Morgan fingerprint density at radius 3 is 2.59 bits per heavy atom. The quantitative estimate of drug-likeness (QED) is 0.164. The molecule has 0 fully saturated rings. The highest BCUT2D eigenvalue weighted by atomic mass is 79.9. The summed E-state index contributed by atoms with van der Waals surface area (Å²) >= 11 is 15.7. The Kier molecular flexibility index (Phi) is 8.73. The highest BCUT2D eigenvalue weighted by Gasteiger charge is 2.16. The van der Waals surface area contributed by atoms with Crippen LogP contribution in [0.4, 0.5) is 5.69 Å². The maximum atomic E-state index is 12.8. The second kappa shape index (κ2) is 12.2. The highest BCUT2D eigenvalue weighted by Crippen LogP contribution is 2.38. The van der Waals surface area contributed by atoms with Gasteiger partial charge in [0.15, 0.2) is 11.5 Å². The number of ether oxygens (including phenoxy) is 2. The lowest BCUT2D eigenvalue weighted by Crippen LogP contribution is -2.13. The summed E-state index contributed by atoms with van der Waals surface area (Å²) in [5, 5.41) is 15.0. The lowest BCUT2D eigenvalue weighted by molar-refractivity contribution is -0.112. The molecule has 4 rings (SSSR count). The summed E-state index contributed by atoms with van der Waals surface area (Å²) in [7, 11) is 0. The first kappa shape index (κ1) is 26.6. The largest absolute Gasteiger partial charge is 0.490 e. The van der Waals surface area contributed by atoms with E-state index in [9.17, 15) is 10.1 Å². The van der Waals surface area contributed by atoms with Crippen molar-refractivity contribution < 1.29 is 14.3 Å². The zero-order chi connectivity index (χ0) is 26.4. The Balaban J connectivity index is 1.60. The van der Waals surface area contributed by atoms with Gasteiger partial charge in [-0.15, -0.1) is 0 Å². The Hall–Kier alpha value is -3.50. The van der Waals surface area contributed by atoms with Gasteiger partial charge in [0, 0.05) is 0 Å². The molecular formula is C29H21BrCl2N2O3. The molecular weight excluding hydrogens is 575 g/mol. The van der Waals surface area contributed by atoms with Crippen LogP contribution in [0.2, 0.25) is 10.0 Å². The predicted octanol–water partition coefficient (Wildman–Crippen LogP) is 8.43. The summed E-state index contributed by atoms with van der Waals surface area (Å²) in [5.74, 6) is 0.400. The van der Waals surface area contributed by atoms with Gasteiger partial charge in [-0.05, 0) is 75.1 Å². The lowest BCUT2D eigenvalue weighted by Gasteiger charge is -2.16. The van der Waals surface area contributed by atoms with Gasteiger partial charge in [0.2, 0.25) is 0 Å². The van der Waals surface area contributed by atoms with Gasteiger partial charge in [0.05, 0.1) is 26.8 Å². The van der Waals surface area contributed by atoms with Crippen LogP contribution >= 0.6 is 39.1 Å². The molecule has 0 heterocycles. The van der Waals surface area contributed by atoms with E-state index in [1.165, 1.54) is 6.08 Å². The molecule has 0 bridgehead atoms. The maximum absolute atomic E-state index is 12.8. The third-order valence-electron chi connectivity index (χ3n) is 5.46. The third-order valence-corrected chi connectivity index (χ3v) is 6.87. The molecule has 0 aliphatic rings. The third kappa shape index (κ3) is 6.26. The van der Waals surface area contributed by atoms with Crippen molar-refractivity contribution in [2.75, 3.05) is 11.9 Å². The fraction of sp³-hybridized carbons (Fsp3) is 0.103. The van der Waals surface area contributed by atoms with Gasteiger partial charge in [-0.2, -0.15) is 5.26 Å². The molecule has 0 aromatic heterocycles. The Labute approximate surface area is 233 Å². The van der Waals surface area contributed by atoms with Crippen LogP contribution < -0.4 is 14.8 Å². The van der Waals surface area contributed by atoms with E-state index in [2.05, 4.69) is 39.4 Å². The van der Waals surface area contributed by atoms with Crippen molar-refractivity contribution in [1.29, 1.82) is 5.26 Å². The molecule has 1 N–H and O–H groups in total. The van der Waals surface area contributed by atoms with Crippen LogP contribution in [-0.2, 0) is 11.4 Å². The summed E-state index contributed by atoms with van der Waals surface area (Å²) in [5.41, 5.74) is 1.82. The van der Waals surface area contributed by atoms with Crippen LogP contribution in [0.25, 0.3) is 16.8 Å². The molecule has 5 nitrogen and oxygen atoms in total. The van der Waals surface area contributed by atoms with E-state index in [1.54, 1.807) is 30.3 Å². The average molecular weight is 596 g/mol. The molecule has 186 valence electrons. The molecule has 0 radical (unpaired) electrons. The number of carbonyl (C=O) groups excluding carboxylic acids is 1. The van der Waals surface area contributed by atoms with Crippen molar-refractivity contribution in [2.24, 2.45) is 0 Å². The molecule has 8 heteroatoms. The molecule has 0 atom stereocenters. The first-order valence-corrected chi connectivity index (χ1v) is 12.9.